The van der Waals surface area contributed by atoms with Crippen molar-refractivity contribution in [2.75, 3.05) is 13.2 Å². The molecule has 1 unspecified atom stereocenters. The van der Waals surface area contributed by atoms with Crippen LogP contribution in [0.5, 0.6) is 11.5 Å². The second kappa shape index (κ2) is 8.86. The van der Waals surface area contributed by atoms with E-state index in [2.05, 4.69) is 10.0 Å². The van der Waals surface area contributed by atoms with Crippen LogP contribution in [0.2, 0.25) is 0 Å². The third kappa shape index (κ3) is 4.81. The normalized spacial score (nSPS) is 15.5. The first-order chi connectivity index (χ1) is 14.5. The fraction of sp³-hybridized carbons (Fsp3) is 0.190. The van der Waals surface area contributed by atoms with Crippen molar-refractivity contribution in [1.82, 2.24) is 10.0 Å². The zero-order valence-corrected chi connectivity index (χ0v) is 17.5. The number of hydrogen-bond donors (Lipinski definition) is 2. The maximum Gasteiger partial charge on any atom is 0.251 e. The Labute approximate surface area is 178 Å². The lowest BCUT2D eigenvalue weighted by Crippen LogP contribution is -2.40. The van der Waals surface area contributed by atoms with Gasteiger partial charge in [0.15, 0.2) is 11.5 Å². The molecule has 1 atom stereocenters. The van der Waals surface area contributed by atoms with Crippen LogP contribution in [-0.4, -0.2) is 33.6 Å². The van der Waals surface area contributed by atoms with Crippen LogP contribution in [0.1, 0.15) is 15.2 Å². The van der Waals surface area contributed by atoms with Gasteiger partial charge in [0.25, 0.3) is 5.91 Å². The first-order valence-electron chi connectivity index (χ1n) is 9.30. The summed E-state index contributed by atoms with van der Waals surface area (Å²) in [7, 11) is -3.73. The Morgan fingerprint density at radius 2 is 1.90 bits per heavy atom. The quantitative estimate of drug-likeness (QED) is 0.585. The van der Waals surface area contributed by atoms with Gasteiger partial charge in [-0.25, -0.2) is 13.1 Å². The van der Waals surface area contributed by atoms with Gasteiger partial charge in [0, 0.05) is 17.0 Å². The van der Waals surface area contributed by atoms with Crippen LogP contribution in [-0.2, 0) is 16.6 Å². The minimum Gasteiger partial charge on any atom is -0.486 e. The third-order valence-corrected chi connectivity index (χ3v) is 6.76. The van der Waals surface area contributed by atoms with Crippen molar-refractivity contribution in [3.63, 3.8) is 0 Å². The van der Waals surface area contributed by atoms with Crippen LogP contribution in [0, 0.1) is 0 Å². The Kier molecular flexibility index (Phi) is 6.03. The molecule has 4 rings (SSSR count). The van der Waals surface area contributed by atoms with Crippen molar-refractivity contribution in [1.29, 1.82) is 0 Å². The van der Waals surface area contributed by atoms with Crippen molar-refractivity contribution in [2.45, 2.75) is 17.5 Å². The molecule has 3 aromatic rings. The van der Waals surface area contributed by atoms with E-state index in [0.717, 1.165) is 4.88 Å². The fourth-order valence-electron chi connectivity index (χ4n) is 2.94. The predicted molar refractivity (Wildman–Crippen MR) is 113 cm³/mol. The molecular weight excluding hydrogens is 424 g/mol. The molecule has 156 valence electrons. The average Bonchev–Trinajstić information content (AvgIpc) is 3.30. The van der Waals surface area contributed by atoms with E-state index < -0.39 is 10.0 Å². The van der Waals surface area contributed by atoms with E-state index in [9.17, 15) is 13.2 Å². The van der Waals surface area contributed by atoms with E-state index >= 15 is 0 Å². The van der Waals surface area contributed by atoms with Crippen LogP contribution in [0.25, 0.3) is 0 Å². The van der Waals surface area contributed by atoms with Crippen molar-refractivity contribution >= 4 is 27.3 Å². The van der Waals surface area contributed by atoms with Crippen molar-refractivity contribution in [2.24, 2.45) is 0 Å². The summed E-state index contributed by atoms with van der Waals surface area (Å²) < 4.78 is 39.1. The number of hydrogen-bond acceptors (Lipinski definition) is 6. The van der Waals surface area contributed by atoms with Gasteiger partial charge in [-0.1, -0.05) is 24.3 Å². The lowest BCUT2D eigenvalue weighted by atomic mass is 10.2. The summed E-state index contributed by atoms with van der Waals surface area (Å²) in [5.41, 5.74) is 0.256. The first kappa shape index (κ1) is 20.4. The highest BCUT2D eigenvalue weighted by molar-refractivity contribution is 7.89. The molecule has 1 amide bonds. The minimum atomic E-state index is -3.73. The van der Waals surface area contributed by atoms with Crippen LogP contribution < -0.4 is 19.5 Å². The second-order valence-corrected chi connectivity index (χ2v) is 9.44. The molecule has 2 N–H and O–H groups in total. The van der Waals surface area contributed by atoms with Crippen molar-refractivity contribution in [3.05, 3.63) is 76.5 Å². The molecule has 1 aliphatic heterocycles. The number of rotatable bonds is 7. The van der Waals surface area contributed by atoms with E-state index in [1.165, 1.54) is 23.5 Å². The topological polar surface area (TPSA) is 93.7 Å². The van der Waals surface area contributed by atoms with Crippen molar-refractivity contribution in [3.8, 4) is 11.5 Å². The monoisotopic (exact) mass is 444 g/mol. The van der Waals surface area contributed by atoms with Crippen LogP contribution in [0.3, 0.4) is 0 Å². The molecule has 0 bridgehead atoms. The highest BCUT2D eigenvalue weighted by atomic mass is 32.2. The molecule has 1 aromatic heterocycles. The highest BCUT2D eigenvalue weighted by Gasteiger charge is 2.22. The number of ether oxygens (including phenoxy) is 2. The standard InChI is InChI=1S/C21H20N2O5S2/c24-21(22-12-16-14-27-19-8-1-2-9-20(19)28-16)15-5-3-7-18(11-15)30(25,26)23-13-17-6-4-10-29-17/h1-11,16,23H,12-14H2,(H,22,24). The Hall–Kier alpha value is -2.88. The maximum absolute atomic E-state index is 12.5. The number of carbonyl (C=O) groups excluding carboxylic acids is 1. The number of amides is 1. The summed E-state index contributed by atoms with van der Waals surface area (Å²) in [5.74, 6) is 0.925. The van der Waals surface area contributed by atoms with E-state index in [-0.39, 0.29) is 35.6 Å². The number of sulfonamides is 1. The molecule has 0 fully saturated rings. The summed E-state index contributed by atoms with van der Waals surface area (Å²) >= 11 is 1.47. The molecule has 0 saturated carbocycles. The zero-order valence-electron chi connectivity index (χ0n) is 15.9. The lowest BCUT2D eigenvalue weighted by molar-refractivity contribution is 0.0789. The van der Waals surface area contributed by atoms with E-state index in [1.807, 2.05) is 35.7 Å². The van der Waals surface area contributed by atoms with E-state index in [4.69, 9.17) is 9.47 Å². The van der Waals surface area contributed by atoms with Gasteiger partial charge in [-0.05, 0) is 41.8 Å². The zero-order chi connectivity index (χ0) is 21.0. The summed E-state index contributed by atoms with van der Waals surface area (Å²) in [6.45, 7) is 0.760. The molecule has 30 heavy (non-hydrogen) atoms. The summed E-state index contributed by atoms with van der Waals surface area (Å²) in [5, 5.41) is 4.66. The molecule has 9 heteroatoms. The highest BCUT2D eigenvalue weighted by Crippen LogP contribution is 2.30. The van der Waals surface area contributed by atoms with Gasteiger partial charge in [-0.3, -0.25) is 4.79 Å². The molecule has 2 heterocycles. The number of para-hydroxylation sites is 2. The van der Waals surface area contributed by atoms with Gasteiger partial charge in [0.1, 0.15) is 12.7 Å². The summed E-state index contributed by atoms with van der Waals surface area (Å²) in [6, 6.07) is 17.0. The van der Waals surface area contributed by atoms with Crippen LogP contribution in [0.4, 0.5) is 0 Å². The molecule has 7 nitrogen and oxygen atoms in total. The number of fused-ring (bicyclic) bond motifs is 1. The molecular formula is C21H20N2O5S2. The van der Waals surface area contributed by atoms with Gasteiger partial charge in [-0.15, -0.1) is 11.3 Å². The number of nitrogens with one attached hydrogen (secondary N) is 2. The van der Waals surface area contributed by atoms with Crippen molar-refractivity contribution < 1.29 is 22.7 Å². The third-order valence-electron chi connectivity index (χ3n) is 4.48. The fourth-order valence-corrected chi connectivity index (χ4v) is 4.73. The van der Waals surface area contributed by atoms with Crippen LogP contribution in [0.15, 0.2) is 70.9 Å². The Bertz CT molecular complexity index is 1130. The summed E-state index contributed by atoms with van der Waals surface area (Å²) in [4.78, 5) is 13.5. The second-order valence-electron chi connectivity index (χ2n) is 6.64. The molecule has 0 saturated heterocycles. The maximum atomic E-state index is 12.5. The largest absolute Gasteiger partial charge is 0.486 e. The Morgan fingerprint density at radius 3 is 2.70 bits per heavy atom. The predicted octanol–water partition coefficient (Wildman–Crippen LogP) is 2.80. The SMILES string of the molecule is O=C(NCC1COc2ccccc2O1)c1cccc(S(=O)(=O)NCc2cccs2)c1. The van der Waals surface area contributed by atoms with Gasteiger partial charge in [-0.2, -0.15) is 0 Å². The minimum absolute atomic E-state index is 0.0397. The molecule has 1 aliphatic rings. The number of thiophene rings is 1. The molecule has 2 aromatic carbocycles. The first-order valence-corrected chi connectivity index (χ1v) is 11.7. The van der Waals surface area contributed by atoms with E-state index in [1.54, 1.807) is 18.2 Å². The molecule has 0 radical (unpaired) electrons. The summed E-state index contributed by atoms with van der Waals surface area (Å²) in [6.07, 6.45) is -0.330. The molecule has 0 spiro atoms. The Morgan fingerprint density at radius 1 is 1.07 bits per heavy atom. The van der Waals surface area contributed by atoms with Crippen LogP contribution >= 0.6 is 11.3 Å². The van der Waals surface area contributed by atoms with Gasteiger partial charge in [0.2, 0.25) is 10.0 Å². The van der Waals surface area contributed by atoms with Gasteiger partial charge >= 0.3 is 0 Å². The molecule has 0 aliphatic carbocycles. The number of benzene rings is 2. The lowest BCUT2D eigenvalue weighted by Gasteiger charge is -2.26. The number of carbonyl (C=O) groups is 1. The van der Waals surface area contributed by atoms with E-state index in [0.29, 0.717) is 18.1 Å². The van der Waals surface area contributed by atoms with Gasteiger partial charge < -0.3 is 14.8 Å². The average molecular weight is 445 g/mol. The van der Waals surface area contributed by atoms with Gasteiger partial charge in [0.05, 0.1) is 11.4 Å². The smallest absolute Gasteiger partial charge is 0.251 e. The Balaban J connectivity index is 1.37.